The lowest BCUT2D eigenvalue weighted by atomic mass is 10.2. The predicted octanol–water partition coefficient (Wildman–Crippen LogP) is 3.04. The van der Waals surface area contributed by atoms with Crippen LogP contribution in [0.15, 0.2) is 42.5 Å². The molecule has 0 unspecified atom stereocenters. The molecule has 1 amide bonds. The number of nitro groups is 1. The van der Waals surface area contributed by atoms with E-state index in [9.17, 15) is 14.9 Å². The molecule has 0 heterocycles. The van der Waals surface area contributed by atoms with Crippen LogP contribution in [0.1, 0.15) is 15.9 Å². The minimum Gasteiger partial charge on any atom is -0.495 e. The highest BCUT2D eigenvalue weighted by molar-refractivity contribution is 6.32. The number of benzene rings is 2. The molecule has 0 aliphatic rings. The number of carbonyl (C=O) groups excluding carboxylic acids is 1. The molecule has 0 spiro atoms. The molecule has 0 saturated heterocycles. The first-order chi connectivity index (χ1) is 11.5. The van der Waals surface area contributed by atoms with Crippen molar-refractivity contribution in [1.29, 1.82) is 0 Å². The van der Waals surface area contributed by atoms with Gasteiger partial charge in [0.15, 0.2) is 0 Å². The Labute approximate surface area is 143 Å². The fraction of sp³-hybridized carbons (Fsp3) is 0.118. The molecule has 0 bridgehead atoms. The van der Waals surface area contributed by atoms with Crippen LogP contribution in [-0.4, -0.2) is 24.5 Å². The third-order valence-corrected chi connectivity index (χ3v) is 3.39. The second kappa shape index (κ2) is 7.99. The summed E-state index contributed by atoms with van der Waals surface area (Å²) in [6.07, 6.45) is 0. The van der Waals surface area contributed by atoms with Gasteiger partial charge in [-0.3, -0.25) is 14.9 Å². The van der Waals surface area contributed by atoms with Crippen LogP contribution in [0, 0.1) is 22.0 Å². The van der Waals surface area contributed by atoms with Crippen molar-refractivity contribution in [2.75, 3.05) is 13.7 Å². The minimum absolute atomic E-state index is 0.0208. The lowest BCUT2D eigenvalue weighted by Gasteiger charge is -2.03. The summed E-state index contributed by atoms with van der Waals surface area (Å²) in [4.78, 5) is 22.2. The zero-order chi connectivity index (χ0) is 17.5. The average molecular weight is 345 g/mol. The van der Waals surface area contributed by atoms with Gasteiger partial charge in [-0.2, -0.15) is 0 Å². The van der Waals surface area contributed by atoms with Gasteiger partial charge in [-0.15, -0.1) is 0 Å². The van der Waals surface area contributed by atoms with Crippen LogP contribution in [0.25, 0.3) is 0 Å². The first-order valence-electron chi connectivity index (χ1n) is 6.87. The largest absolute Gasteiger partial charge is 0.495 e. The fourth-order valence-corrected chi connectivity index (χ4v) is 2.09. The van der Waals surface area contributed by atoms with E-state index < -0.39 is 10.8 Å². The Kier molecular flexibility index (Phi) is 5.77. The number of carbonyl (C=O) groups is 1. The summed E-state index contributed by atoms with van der Waals surface area (Å²) in [5.74, 6) is 5.87. The molecule has 0 aromatic heterocycles. The molecule has 0 saturated carbocycles. The van der Waals surface area contributed by atoms with Crippen LogP contribution in [0.2, 0.25) is 5.02 Å². The standard InChI is InChI=1S/C17H13ClN2O4/c1-24-16-7-3-2-5-12(16)6-4-10-19-17(21)13-8-9-14(18)15(11-13)20(22)23/h2-3,5,7-9,11H,10H2,1H3,(H,19,21). The van der Waals surface area contributed by atoms with E-state index in [1.165, 1.54) is 12.1 Å². The van der Waals surface area contributed by atoms with E-state index >= 15 is 0 Å². The molecule has 2 rings (SSSR count). The maximum Gasteiger partial charge on any atom is 0.288 e. The van der Waals surface area contributed by atoms with Crippen LogP contribution in [-0.2, 0) is 0 Å². The number of halogens is 1. The lowest BCUT2D eigenvalue weighted by Crippen LogP contribution is -2.23. The smallest absolute Gasteiger partial charge is 0.288 e. The second-order valence-corrected chi connectivity index (χ2v) is 5.02. The number of methoxy groups -OCH3 is 1. The van der Waals surface area contributed by atoms with Crippen molar-refractivity contribution in [1.82, 2.24) is 5.32 Å². The average Bonchev–Trinajstić information content (AvgIpc) is 2.59. The zero-order valence-electron chi connectivity index (χ0n) is 12.7. The molecule has 7 heteroatoms. The summed E-state index contributed by atoms with van der Waals surface area (Å²) in [5.41, 5.74) is 0.533. The molecule has 0 fully saturated rings. The Morgan fingerprint density at radius 3 is 2.79 bits per heavy atom. The number of nitro benzene ring substituents is 1. The number of ether oxygens (including phenoxy) is 1. The molecule has 0 radical (unpaired) electrons. The molecule has 2 aromatic rings. The van der Waals surface area contributed by atoms with E-state index in [-0.39, 0.29) is 22.8 Å². The zero-order valence-corrected chi connectivity index (χ0v) is 13.5. The van der Waals surface area contributed by atoms with Crippen molar-refractivity contribution in [3.8, 4) is 17.6 Å². The summed E-state index contributed by atoms with van der Waals surface area (Å²) in [6.45, 7) is 0.0906. The highest BCUT2D eigenvalue weighted by atomic mass is 35.5. The van der Waals surface area contributed by atoms with E-state index in [4.69, 9.17) is 16.3 Å². The summed E-state index contributed by atoms with van der Waals surface area (Å²) in [7, 11) is 1.55. The molecular weight excluding hydrogens is 332 g/mol. The van der Waals surface area contributed by atoms with Gasteiger partial charge in [-0.05, 0) is 24.3 Å². The highest BCUT2D eigenvalue weighted by Gasteiger charge is 2.15. The lowest BCUT2D eigenvalue weighted by molar-refractivity contribution is -0.384. The summed E-state index contributed by atoms with van der Waals surface area (Å²) in [6, 6.07) is 11.1. The Morgan fingerprint density at radius 1 is 1.33 bits per heavy atom. The van der Waals surface area contributed by atoms with E-state index in [0.29, 0.717) is 11.3 Å². The summed E-state index contributed by atoms with van der Waals surface area (Å²) >= 11 is 5.71. The third kappa shape index (κ3) is 4.24. The van der Waals surface area contributed by atoms with Gasteiger partial charge in [-0.25, -0.2) is 0 Å². The fourth-order valence-electron chi connectivity index (χ4n) is 1.91. The van der Waals surface area contributed by atoms with Gasteiger partial charge in [0.05, 0.1) is 24.1 Å². The quantitative estimate of drug-likeness (QED) is 0.525. The SMILES string of the molecule is COc1ccccc1C#CCNC(=O)c1ccc(Cl)c([N+](=O)[O-])c1. The van der Waals surface area contributed by atoms with Crippen molar-refractivity contribution in [3.63, 3.8) is 0 Å². The molecule has 2 aromatic carbocycles. The molecule has 6 nitrogen and oxygen atoms in total. The molecule has 24 heavy (non-hydrogen) atoms. The normalized spacial score (nSPS) is 9.58. The number of amides is 1. The highest BCUT2D eigenvalue weighted by Crippen LogP contribution is 2.24. The van der Waals surface area contributed by atoms with Crippen LogP contribution < -0.4 is 10.1 Å². The molecule has 0 aliphatic carbocycles. The number of para-hydroxylation sites is 1. The van der Waals surface area contributed by atoms with E-state index in [1.54, 1.807) is 19.2 Å². The Morgan fingerprint density at radius 2 is 2.08 bits per heavy atom. The van der Waals surface area contributed by atoms with E-state index in [2.05, 4.69) is 17.2 Å². The van der Waals surface area contributed by atoms with Gasteiger partial charge in [0, 0.05) is 11.6 Å². The maximum absolute atomic E-state index is 12.0. The van der Waals surface area contributed by atoms with Crippen molar-refractivity contribution >= 4 is 23.2 Å². The predicted molar refractivity (Wildman–Crippen MR) is 90.3 cm³/mol. The van der Waals surface area contributed by atoms with Crippen molar-refractivity contribution in [2.45, 2.75) is 0 Å². The van der Waals surface area contributed by atoms with Gasteiger partial charge >= 0.3 is 0 Å². The minimum atomic E-state index is -0.638. The Hall–Kier alpha value is -3.04. The molecule has 0 aliphatic heterocycles. The Bertz CT molecular complexity index is 840. The number of hydrogen-bond donors (Lipinski definition) is 1. The number of nitrogens with zero attached hydrogens (tertiary/aromatic N) is 1. The van der Waals surface area contributed by atoms with Crippen molar-refractivity contribution < 1.29 is 14.5 Å². The number of rotatable bonds is 4. The maximum atomic E-state index is 12.0. The van der Waals surface area contributed by atoms with Gasteiger partial charge in [-0.1, -0.05) is 35.6 Å². The summed E-state index contributed by atoms with van der Waals surface area (Å²) < 4.78 is 5.17. The third-order valence-electron chi connectivity index (χ3n) is 3.07. The van der Waals surface area contributed by atoms with Crippen LogP contribution in [0.3, 0.4) is 0 Å². The molecular formula is C17H13ClN2O4. The topological polar surface area (TPSA) is 81.5 Å². The van der Waals surface area contributed by atoms with Gasteiger partial charge < -0.3 is 10.1 Å². The van der Waals surface area contributed by atoms with Crippen LogP contribution >= 0.6 is 11.6 Å². The summed E-state index contributed by atoms with van der Waals surface area (Å²) in [5, 5.41) is 13.4. The van der Waals surface area contributed by atoms with Gasteiger partial charge in [0.2, 0.25) is 0 Å². The van der Waals surface area contributed by atoms with Crippen LogP contribution in [0.4, 0.5) is 5.69 Å². The first kappa shape index (κ1) is 17.3. The van der Waals surface area contributed by atoms with Crippen molar-refractivity contribution in [2.24, 2.45) is 0 Å². The second-order valence-electron chi connectivity index (χ2n) is 4.61. The number of hydrogen-bond acceptors (Lipinski definition) is 4. The first-order valence-corrected chi connectivity index (χ1v) is 7.24. The van der Waals surface area contributed by atoms with E-state index in [0.717, 1.165) is 6.07 Å². The Balaban J connectivity index is 2.03. The monoisotopic (exact) mass is 344 g/mol. The van der Waals surface area contributed by atoms with Crippen molar-refractivity contribution in [3.05, 3.63) is 68.7 Å². The van der Waals surface area contributed by atoms with Crippen LogP contribution in [0.5, 0.6) is 5.75 Å². The number of nitrogens with one attached hydrogen (secondary N) is 1. The van der Waals surface area contributed by atoms with Gasteiger partial charge in [0.25, 0.3) is 11.6 Å². The molecule has 1 N–H and O–H groups in total. The molecule has 122 valence electrons. The van der Waals surface area contributed by atoms with Gasteiger partial charge in [0.1, 0.15) is 10.8 Å². The molecule has 0 atom stereocenters. The van der Waals surface area contributed by atoms with E-state index in [1.807, 2.05) is 12.1 Å².